The number of nitrogens with one attached hydrogen (secondary N) is 1. The van der Waals surface area contributed by atoms with Crippen molar-refractivity contribution in [3.63, 3.8) is 0 Å². The fraction of sp³-hybridized carbons (Fsp3) is 0.176. The highest BCUT2D eigenvalue weighted by Crippen LogP contribution is 2.32. The van der Waals surface area contributed by atoms with E-state index in [9.17, 15) is 14.4 Å². The molecule has 1 saturated heterocycles. The number of fused-ring (bicyclic) bond motifs is 3. The normalized spacial score (nSPS) is 14.8. The summed E-state index contributed by atoms with van der Waals surface area (Å²) in [5.74, 6) is -1.02. The van der Waals surface area contributed by atoms with Crippen LogP contribution in [0.25, 0.3) is 21.0 Å². The summed E-state index contributed by atoms with van der Waals surface area (Å²) in [7, 11) is 0. The summed E-state index contributed by atoms with van der Waals surface area (Å²) >= 11 is 1.38. The van der Waals surface area contributed by atoms with E-state index in [4.69, 9.17) is 0 Å². The third-order valence-electron chi connectivity index (χ3n) is 3.98. The number of likely N-dealkylation sites (tertiary alicyclic amines) is 1. The Bertz CT molecular complexity index is 979. The molecule has 0 radical (unpaired) electrons. The smallest absolute Gasteiger partial charge is 0.246 e. The average molecular weight is 339 g/mol. The summed E-state index contributed by atoms with van der Waals surface area (Å²) in [4.78, 5) is 40.7. The van der Waals surface area contributed by atoms with Gasteiger partial charge in [0.25, 0.3) is 0 Å². The van der Waals surface area contributed by atoms with E-state index in [1.54, 1.807) is 0 Å². The third-order valence-corrected chi connectivity index (χ3v) is 5.00. The Morgan fingerprint density at radius 3 is 2.67 bits per heavy atom. The second-order valence-corrected chi connectivity index (χ2v) is 6.57. The first-order chi connectivity index (χ1) is 11.6. The first-order valence-corrected chi connectivity index (χ1v) is 8.35. The fourth-order valence-corrected chi connectivity index (χ4v) is 3.83. The van der Waals surface area contributed by atoms with Gasteiger partial charge in [-0.05, 0) is 11.5 Å². The van der Waals surface area contributed by atoms with E-state index >= 15 is 0 Å². The van der Waals surface area contributed by atoms with E-state index in [1.807, 2.05) is 36.4 Å². The maximum Gasteiger partial charge on any atom is 0.246 e. The molecule has 1 N–H and O–H groups in total. The standard InChI is InChI=1S/C17H13N3O3S/c21-13(9-20-14(22)7-8-15(20)23)19-17-18-12-6-5-10-3-1-2-4-11(10)16(12)24-17/h1-6H,7-9H2,(H,18,19,21). The van der Waals surface area contributed by atoms with E-state index < -0.39 is 5.91 Å². The first-order valence-electron chi connectivity index (χ1n) is 7.53. The van der Waals surface area contributed by atoms with Crippen LogP contribution in [0.3, 0.4) is 0 Å². The number of anilines is 1. The number of carbonyl (C=O) groups excluding carboxylic acids is 3. The van der Waals surface area contributed by atoms with Gasteiger partial charge in [0.15, 0.2) is 5.13 Å². The van der Waals surface area contributed by atoms with E-state index in [2.05, 4.69) is 10.3 Å². The fourth-order valence-electron chi connectivity index (χ4n) is 2.81. The molecule has 0 atom stereocenters. The lowest BCUT2D eigenvalue weighted by atomic mass is 10.1. The van der Waals surface area contributed by atoms with Crippen LogP contribution >= 0.6 is 11.3 Å². The van der Waals surface area contributed by atoms with Crippen molar-refractivity contribution in [2.75, 3.05) is 11.9 Å². The van der Waals surface area contributed by atoms with E-state index in [-0.39, 0.29) is 31.2 Å². The van der Waals surface area contributed by atoms with Crippen molar-refractivity contribution in [1.29, 1.82) is 0 Å². The number of hydrogen-bond acceptors (Lipinski definition) is 5. The van der Waals surface area contributed by atoms with Crippen LogP contribution in [0.2, 0.25) is 0 Å². The van der Waals surface area contributed by atoms with Gasteiger partial charge >= 0.3 is 0 Å². The van der Waals surface area contributed by atoms with Crippen LogP contribution in [0.1, 0.15) is 12.8 Å². The Kier molecular flexibility index (Phi) is 3.50. The highest BCUT2D eigenvalue weighted by Gasteiger charge is 2.30. The van der Waals surface area contributed by atoms with Crippen molar-refractivity contribution in [2.24, 2.45) is 0 Å². The van der Waals surface area contributed by atoms with Gasteiger partial charge in [-0.1, -0.05) is 41.7 Å². The lowest BCUT2D eigenvalue weighted by Gasteiger charge is -2.12. The molecule has 2 aromatic carbocycles. The van der Waals surface area contributed by atoms with Crippen molar-refractivity contribution in [1.82, 2.24) is 9.88 Å². The summed E-state index contributed by atoms with van der Waals surface area (Å²) in [5.41, 5.74) is 0.808. The Balaban J connectivity index is 1.58. The van der Waals surface area contributed by atoms with Crippen molar-refractivity contribution in [2.45, 2.75) is 12.8 Å². The van der Waals surface area contributed by atoms with Gasteiger partial charge in [0.2, 0.25) is 17.7 Å². The molecule has 24 heavy (non-hydrogen) atoms. The Morgan fingerprint density at radius 1 is 1.12 bits per heavy atom. The van der Waals surface area contributed by atoms with Crippen molar-refractivity contribution in [3.05, 3.63) is 36.4 Å². The highest BCUT2D eigenvalue weighted by atomic mass is 32.1. The number of aromatic nitrogens is 1. The largest absolute Gasteiger partial charge is 0.300 e. The minimum absolute atomic E-state index is 0.180. The van der Waals surface area contributed by atoms with Gasteiger partial charge < -0.3 is 5.32 Å². The quantitative estimate of drug-likeness (QED) is 0.744. The van der Waals surface area contributed by atoms with Gasteiger partial charge in [0.05, 0.1) is 10.2 Å². The Labute approximate surface area is 141 Å². The maximum absolute atomic E-state index is 12.1. The maximum atomic E-state index is 12.1. The topological polar surface area (TPSA) is 79.4 Å². The summed E-state index contributed by atoms with van der Waals surface area (Å²) in [6.45, 7) is -0.256. The first kappa shape index (κ1) is 14.8. The second-order valence-electron chi connectivity index (χ2n) is 5.58. The number of nitrogens with zero attached hydrogens (tertiary/aromatic N) is 2. The molecular weight excluding hydrogens is 326 g/mol. The molecule has 0 saturated carbocycles. The molecule has 0 unspecified atom stereocenters. The number of hydrogen-bond donors (Lipinski definition) is 1. The van der Waals surface area contributed by atoms with Crippen LogP contribution in [0, 0.1) is 0 Å². The number of carbonyl (C=O) groups is 3. The number of rotatable bonds is 3. The van der Waals surface area contributed by atoms with Gasteiger partial charge in [-0.3, -0.25) is 19.3 Å². The van der Waals surface area contributed by atoms with Crippen LogP contribution in [0.15, 0.2) is 36.4 Å². The molecule has 0 bridgehead atoms. The monoisotopic (exact) mass is 339 g/mol. The van der Waals surface area contributed by atoms with Gasteiger partial charge in [-0.2, -0.15) is 0 Å². The molecule has 0 spiro atoms. The summed E-state index contributed by atoms with van der Waals surface area (Å²) in [5, 5.41) is 5.34. The Hall–Kier alpha value is -2.80. The SMILES string of the molecule is O=C(CN1C(=O)CCC1=O)Nc1nc2ccc3ccccc3c2s1. The molecule has 1 fully saturated rings. The lowest BCUT2D eigenvalue weighted by Crippen LogP contribution is -2.36. The molecule has 2 heterocycles. The van der Waals surface area contributed by atoms with Gasteiger partial charge in [0.1, 0.15) is 6.54 Å². The van der Waals surface area contributed by atoms with Crippen LogP contribution in [-0.2, 0) is 14.4 Å². The molecule has 1 aliphatic heterocycles. The minimum atomic E-state index is -0.415. The van der Waals surface area contributed by atoms with E-state index in [0.717, 1.165) is 25.9 Å². The van der Waals surface area contributed by atoms with E-state index in [1.165, 1.54) is 11.3 Å². The zero-order valence-corrected chi connectivity index (χ0v) is 13.4. The van der Waals surface area contributed by atoms with Gasteiger partial charge in [-0.15, -0.1) is 0 Å². The van der Waals surface area contributed by atoms with Gasteiger partial charge in [-0.25, -0.2) is 4.98 Å². The Morgan fingerprint density at radius 2 is 1.88 bits per heavy atom. The summed E-state index contributed by atoms with van der Waals surface area (Å²) in [6.07, 6.45) is 0.360. The van der Waals surface area contributed by atoms with Crippen molar-refractivity contribution < 1.29 is 14.4 Å². The molecule has 3 amide bonds. The van der Waals surface area contributed by atoms with Crippen molar-refractivity contribution in [3.8, 4) is 0 Å². The van der Waals surface area contributed by atoms with Gasteiger partial charge in [0, 0.05) is 18.2 Å². The second kappa shape index (κ2) is 5.68. The predicted octanol–water partition coefficient (Wildman–Crippen LogP) is 2.54. The molecule has 6 nitrogen and oxygen atoms in total. The van der Waals surface area contributed by atoms with Crippen LogP contribution in [0.5, 0.6) is 0 Å². The zero-order chi connectivity index (χ0) is 16.7. The van der Waals surface area contributed by atoms with Crippen LogP contribution in [0.4, 0.5) is 5.13 Å². The van der Waals surface area contributed by atoms with E-state index in [0.29, 0.717) is 5.13 Å². The van der Waals surface area contributed by atoms with Crippen LogP contribution in [-0.4, -0.2) is 34.2 Å². The number of benzene rings is 2. The molecule has 1 aromatic heterocycles. The average Bonchev–Trinajstić information content (AvgIpc) is 3.12. The molecule has 120 valence electrons. The molecular formula is C17H13N3O3S. The summed E-state index contributed by atoms with van der Waals surface area (Å²) in [6, 6.07) is 11.9. The number of amides is 3. The minimum Gasteiger partial charge on any atom is -0.300 e. The number of thiazole rings is 1. The molecule has 4 rings (SSSR count). The molecule has 3 aromatic rings. The molecule has 1 aliphatic rings. The van der Waals surface area contributed by atoms with Crippen molar-refractivity contribution >= 4 is 55.2 Å². The lowest BCUT2D eigenvalue weighted by molar-refractivity contribution is -0.141. The van der Waals surface area contributed by atoms with Crippen LogP contribution < -0.4 is 5.32 Å². The number of imide groups is 1. The zero-order valence-electron chi connectivity index (χ0n) is 12.6. The molecule has 0 aliphatic carbocycles. The predicted molar refractivity (Wildman–Crippen MR) is 91.7 cm³/mol. The molecule has 7 heteroatoms. The third kappa shape index (κ3) is 2.52. The highest BCUT2D eigenvalue weighted by molar-refractivity contribution is 7.23. The summed E-state index contributed by atoms with van der Waals surface area (Å²) < 4.78 is 0.997.